The van der Waals surface area contributed by atoms with Crippen LogP contribution >= 0.6 is 32.4 Å². The number of hydrogen-bond acceptors (Lipinski definition) is 6. The van der Waals surface area contributed by atoms with Gasteiger partial charge in [0, 0.05) is 6.61 Å². The van der Waals surface area contributed by atoms with Crippen molar-refractivity contribution in [2.75, 3.05) is 25.9 Å². The molecule has 10 N–H and O–H groups in total. The van der Waals surface area contributed by atoms with E-state index in [4.69, 9.17) is 37.2 Å². The van der Waals surface area contributed by atoms with E-state index in [0.29, 0.717) is 25.1 Å². The molecule has 0 heterocycles. The Morgan fingerprint density at radius 3 is 1.65 bits per heavy atom. The number of carboxylic acids is 1. The Morgan fingerprint density at radius 2 is 1.26 bits per heavy atom. The SMILES string of the molecule is Cl.Cl.NCCCCCCC(=CC(N)C(=O)O)CP(=O)(O)O.NCCCCCCCCO. The number of hydrogen-bond donors (Lipinski definition) is 7. The number of unbranched alkanes of at least 4 members (excludes halogenated alkanes) is 8. The maximum Gasteiger partial charge on any atom is 0.329 e. The van der Waals surface area contributed by atoms with Crippen LogP contribution in [0.5, 0.6) is 0 Å². The summed E-state index contributed by atoms with van der Waals surface area (Å²) in [6.45, 7) is 1.78. The molecule has 0 bridgehead atoms. The van der Waals surface area contributed by atoms with Crippen LogP contribution in [0, 0.1) is 0 Å². The lowest BCUT2D eigenvalue weighted by atomic mass is 10.1. The van der Waals surface area contributed by atoms with Gasteiger partial charge in [-0.25, -0.2) is 0 Å². The monoisotopic (exact) mass is 511 g/mol. The molecule has 0 saturated carbocycles. The van der Waals surface area contributed by atoms with Gasteiger partial charge in [-0.05, 0) is 45.2 Å². The summed E-state index contributed by atoms with van der Waals surface area (Å²) in [5.41, 5.74) is 16.4. The minimum absolute atomic E-state index is 0. The van der Waals surface area contributed by atoms with Gasteiger partial charge in [0.05, 0.1) is 6.16 Å². The lowest BCUT2D eigenvalue weighted by molar-refractivity contribution is -0.137. The maximum absolute atomic E-state index is 11.0. The van der Waals surface area contributed by atoms with Crippen LogP contribution < -0.4 is 17.2 Å². The molecule has 0 saturated heterocycles. The molecule has 0 rings (SSSR count). The standard InChI is InChI=1S/C11H23N2O5P.C8H19NO.2ClH/c12-6-4-2-1-3-5-9(8-19(16,17)18)7-10(13)11(14)15;9-7-5-3-1-2-4-6-8-10;;/h7,10H,1-6,8,12-13H2,(H,14,15)(H2,16,17,18);10H,1-9H2;2*1H. The summed E-state index contributed by atoms with van der Waals surface area (Å²) in [7, 11) is -4.21. The predicted octanol–water partition coefficient (Wildman–Crippen LogP) is 2.53. The van der Waals surface area contributed by atoms with E-state index in [1.54, 1.807) is 0 Å². The van der Waals surface area contributed by atoms with E-state index < -0.39 is 25.8 Å². The fourth-order valence-corrected chi connectivity index (χ4v) is 3.41. The van der Waals surface area contributed by atoms with E-state index >= 15 is 0 Å². The van der Waals surface area contributed by atoms with Crippen LogP contribution in [-0.4, -0.2) is 57.9 Å². The van der Waals surface area contributed by atoms with Crippen LogP contribution in [0.1, 0.15) is 70.6 Å². The van der Waals surface area contributed by atoms with Gasteiger partial charge in [-0.3, -0.25) is 9.36 Å². The first-order valence-corrected chi connectivity index (χ1v) is 12.2. The molecule has 0 aromatic rings. The topological polar surface area (TPSA) is 193 Å². The van der Waals surface area contributed by atoms with Crippen molar-refractivity contribution >= 4 is 38.4 Å². The number of aliphatic hydroxyl groups is 1. The molecule has 0 aromatic carbocycles. The maximum atomic E-state index is 11.0. The van der Waals surface area contributed by atoms with E-state index in [9.17, 15) is 9.36 Å². The third kappa shape index (κ3) is 32.0. The van der Waals surface area contributed by atoms with Crippen LogP contribution in [-0.2, 0) is 9.36 Å². The Bertz CT molecular complexity index is 474. The Kier molecular flexibility index (Phi) is 32.0. The number of allylic oxidation sites excluding steroid dienone is 1. The quantitative estimate of drug-likeness (QED) is 0.0871. The van der Waals surface area contributed by atoms with Crippen LogP contribution in [0.2, 0.25) is 0 Å². The number of rotatable bonds is 17. The number of aliphatic hydroxyl groups excluding tert-OH is 1. The van der Waals surface area contributed by atoms with Crippen LogP contribution in [0.25, 0.3) is 0 Å². The zero-order valence-corrected chi connectivity index (χ0v) is 20.9. The molecule has 31 heavy (non-hydrogen) atoms. The van der Waals surface area contributed by atoms with Crippen molar-refractivity contribution in [3.63, 3.8) is 0 Å². The van der Waals surface area contributed by atoms with Gasteiger partial charge in [0.15, 0.2) is 0 Å². The molecule has 0 fully saturated rings. The molecule has 12 heteroatoms. The molecule has 1 unspecified atom stereocenters. The third-order valence-electron chi connectivity index (χ3n) is 4.17. The van der Waals surface area contributed by atoms with Gasteiger partial charge in [-0.1, -0.05) is 50.2 Å². The van der Waals surface area contributed by atoms with Gasteiger partial charge in [0.25, 0.3) is 0 Å². The zero-order valence-electron chi connectivity index (χ0n) is 18.4. The summed E-state index contributed by atoms with van der Waals surface area (Å²) in [4.78, 5) is 28.5. The van der Waals surface area contributed by atoms with Gasteiger partial charge in [-0.2, -0.15) is 0 Å². The molecule has 0 aliphatic carbocycles. The molecule has 0 spiro atoms. The zero-order chi connectivity index (χ0) is 22.5. The fourth-order valence-electron chi connectivity index (χ4n) is 2.62. The van der Waals surface area contributed by atoms with Crippen LogP contribution in [0.15, 0.2) is 11.6 Å². The lowest BCUT2D eigenvalue weighted by Gasteiger charge is -2.11. The number of aliphatic carboxylic acids is 1. The van der Waals surface area contributed by atoms with Crippen molar-refractivity contribution in [3.8, 4) is 0 Å². The number of carbonyl (C=O) groups is 1. The molecular weight excluding hydrogens is 468 g/mol. The highest BCUT2D eigenvalue weighted by Gasteiger charge is 2.18. The van der Waals surface area contributed by atoms with Gasteiger partial charge < -0.3 is 37.2 Å². The molecule has 0 amide bonds. The molecular formula is C19H44Cl2N3O6P. The van der Waals surface area contributed by atoms with Gasteiger partial charge in [0.1, 0.15) is 6.04 Å². The minimum atomic E-state index is -4.21. The average molecular weight is 512 g/mol. The van der Waals surface area contributed by atoms with E-state index in [2.05, 4.69) is 0 Å². The van der Waals surface area contributed by atoms with E-state index in [0.717, 1.165) is 45.1 Å². The Balaban J connectivity index is -0.000000260. The summed E-state index contributed by atoms with van der Waals surface area (Å²) in [5.74, 6) is -1.22. The van der Waals surface area contributed by atoms with E-state index in [1.165, 1.54) is 31.8 Å². The van der Waals surface area contributed by atoms with Crippen LogP contribution in [0.4, 0.5) is 0 Å². The number of carboxylic acid groups (broad SMARTS) is 1. The highest BCUT2D eigenvalue weighted by atomic mass is 35.5. The first-order chi connectivity index (χ1) is 13.7. The highest BCUT2D eigenvalue weighted by Crippen LogP contribution is 2.38. The minimum Gasteiger partial charge on any atom is -0.480 e. The largest absolute Gasteiger partial charge is 0.480 e. The Labute approximate surface area is 199 Å². The average Bonchev–Trinajstić information content (AvgIpc) is 2.63. The first kappa shape index (κ1) is 38.1. The van der Waals surface area contributed by atoms with Crippen molar-refractivity contribution in [3.05, 3.63) is 11.6 Å². The van der Waals surface area contributed by atoms with Gasteiger partial charge in [-0.15, -0.1) is 24.8 Å². The van der Waals surface area contributed by atoms with E-state index in [-0.39, 0.29) is 24.8 Å². The van der Waals surface area contributed by atoms with Gasteiger partial charge >= 0.3 is 13.6 Å². The Hall–Kier alpha value is -0.220. The van der Waals surface area contributed by atoms with Crippen LogP contribution in [0.3, 0.4) is 0 Å². The smallest absolute Gasteiger partial charge is 0.329 e. The molecule has 190 valence electrons. The summed E-state index contributed by atoms with van der Waals surface area (Å²) in [5, 5.41) is 17.1. The summed E-state index contributed by atoms with van der Waals surface area (Å²) in [6, 6.07) is -1.23. The summed E-state index contributed by atoms with van der Waals surface area (Å²) >= 11 is 0. The van der Waals surface area contributed by atoms with Gasteiger partial charge in [0.2, 0.25) is 0 Å². The predicted molar refractivity (Wildman–Crippen MR) is 131 cm³/mol. The normalized spacial score (nSPS) is 12.1. The van der Waals surface area contributed by atoms with Crippen molar-refractivity contribution in [1.29, 1.82) is 0 Å². The fraction of sp³-hybridized carbons (Fsp3) is 0.842. The molecule has 1 atom stereocenters. The molecule has 0 radical (unpaired) electrons. The number of nitrogens with two attached hydrogens (primary N) is 3. The summed E-state index contributed by atoms with van der Waals surface area (Å²) in [6.07, 6.45) is 11.8. The lowest BCUT2D eigenvalue weighted by Crippen LogP contribution is -2.28. The Morgan fingerprint density at radius 1 is 0.839 bits per heavy atom. The third-order valence-corrected chi connectivity index (χ3v) is 4.99. The molecule has 0 aromatic heterocycles. The molecule has 0 aliphatic heterocycles. The molecule has 0 aliphatic rings. The van der Waals surface area contributed by atoms with Crippen molar-refractivity contribution in [2.24, 2.45) is 17.2 Å². The molecule has 9 nitrogen and oxygen atoms in total. The van der Waals surface area contributed by atoms with Crippen molar-refractivity contribution in [1.82, 2.24) is 0 Å². The second-order valence-corrected chi connectivity index (χ2v) is 8.74. The summed E-state index contributed by atoms with van der Waals surface area (Å²) < 4.78 is 11.0. The van der Waals surface area contributed by atoms with E-state index in [1.807, 2.05) is 0 Å². The number of halogens is 2. The second kappa shape index (κ2) is 26.0. The van der Waals surface area contributed by atoms with Crippen molar-refractivity contribution < 1.29 is 29.4 Å². The highest BCUT2D eigenvalue weighted by molar-refractivity contribution is 7.52. The first-order valence-electron chi connectivity index (χ1n) is 10.4. The second-order valence-electron chi connectivity index (χ2n) is 7.10. The van der Waals surface area contributed by atoms with Crippen molar-refractivity contribution in [2.45, 2.75) is 76.7 Å².